The van der Waals surface area contributed by atoms with Gasteiger partial charge in [-0.3, -0.25) is 14.7 Å². The smallest absolute Gasteiger partial charge is 0.414 e. The van der Waals surface area contributed by atoms with E-state index in [4.69, 9.17) is 9.84 Å². The molecular formula is C23H31FN6O3. The molecule has 3 aliphatic heterocycles. The predicted molar refractivity (Wildman–Crippen MR) is 123 cm³/mol. The third-order valence-corrected chi connectivity index (χ3v) is 6.00. The van der Waals surface area contributed by atoms with Crippen LogP contribution >= 0.6 is 0 Å². The van der Waals surface area contributed by atoms with Gasteiger partial charge in [-0.1, -0.05) is 6.08 Å². The van der Waals surface area contributed by atoms with Crippen LogP contribution in [0.1, 0.15) is 13.3 Å². The number of hydrogen-bond acceptors (Lipinski definition) is 7. The number of carbonyl (C=O) groups is 2. The summed E-state index contributed by atoms with van der Waals surface area (Å²) in [5.74, 6) is -0.490. The topological polar surface area (TPSA) is 80.7 Å². The van der Waals surface area contributed by atoms with Crippen molar-refractivity contribution in [3.05, 3.63) is 47.1 Å². The molecule has 0 radical (unpaired) electrons. The Hall–Kier alpha value is -3.14. The van der Waals surface area contributed by atoms with Gasteiger partial charge < -0.3 is 19.9 Å². The number of hydrazone groups is 1. The lowest BCUT2D eigenvalue weighted by atomic mass is 10.2. The van der Waals surface area contributed by atoms with Gasteiger partial charge in [0.25, 0.3) is 0 Å². The van der Waals surface area contributed by atoms with Gasteiger partial charge in [0.1, 0.15) is 11.9 Å². The molecule has 2 amide bonds. The highest BCUT2D eigenvalue weighted by Crippen LogP contribution is 2.30. The summed E-state index contributed by atoms with van der Waals surface area (Å²) in [5, 5.41) is 9.47. The molecule has 33 heavy (non-hydrogen) atoms. The van der Waals surface area contributed by atoms with Crippen LogP contribution in [-0.2, 0) is 9.53 Å². The molecule has 4 aliphatic rings. The second-order valence-corrected chi connectivity index (χ2v) is 8.87. The minimum atomic E-state index is -0.480. The van der Waals surface area contributed by atoms with E-state index in [0.29, 0.717) is 31.0 Å². The minimum absolute atomic E-state index is 0.178. The van der Waals surface area contributed by atoms with Gasteiger partial charge in [-0.2, -0.15) is 5.10 Å². The van der Waals surface area contributed by atoms with Gasteiger partial charge in [0.2, 0.25) is 5.91 Å². The molecular weight excluding hydrogens is 427 g/mol. The van der Waals surface area contributed by atoms with E-state index >= 15 is 4.39 Å². The Morgan fingerprint density at radius 2 is 2.12 bits per heavy atom. The molecule has 2 saturated heterocycles. The highest BCUT2D eigenvalue weighted by atomic mass is 19.1. The summed E-state index contributed by atoms with van der Waals surface area (Å²) < 4.78 is 20.4. The van der Waals surface area contributed by atoms with Crippen molar-refractivity contribution in [2.24, 2.45) is 5.10 Å². The molecule has 0 aromatic heterocycles. The van der Waals surface area contributed by atoms with E-state index in [-0.39, 0.29) is 24.7 Å². The van der Waals surface area contributed by atoms with Crippen LogP contribution in [0.2, 0.25) is 0 Å². The Bertz CT molecular complexity index is 967. The SMILES string of the molecule is CC(=O)NCC1CN(C2=CC=C(N3CC4=CCN(CCN(C)C)N=C4C3)C(F)=CC2)C(=O)O1. The first-order valence-electron chi connectivity index (χ1n) is 11.2. The lowest BCUT2D eigenvalue weighted by molar-refractivity contribution is -0.119. The van der Waals surface area contributed by atoms with Gasteiger partial charge in [-0.25, -0.2) is 9.18 Å². The first-order valence-corrected chi connectivity index (χ1v) is 11.2. The Morgan fingerprint density at radius 3 is 2.88 bits per heavy atom. The molecule has 9 nitrogen and oxygen atoms in total. The third-order valence-electron chi connectivity index (χ3n) is 6.00. The molecule has 0 saturated carbocycles. The van der Waals surface area contributed by atoms with Crippen molar-refractivity contribution in [2.45, 2.75) is 19.4 Å². The molecule has 0 aromatic carbocycles. The first-order chi connectivity index (χ1) is 15.8. The van der Waals surface area contributed by atoms with Crippen molar-refractivity contribution in [3.8, 4) is 0 Å². The van der Waals surface area contributed by atoms with Crippen molar-refractivity contribution in [1.29, 1.82) is 0 Å². The van der Waals surface area contributed by atoms with Crippen LogP contribution in [-0.4, -0.2) is 103 Å². The van der Waals surface area contributed by atoms with E-state index in [0.717, 1.165) is 30.9 Å². The number of rotatable bonds is 7. The average Bonchev–Trinajstić information content (AvgIpc) is 3.29. The number of allylic oxidation sites excluding steroid dienone is 4. The number of ether oxygens (including phenoxy) is 1. The lowest BCUT2D eigenvalue weighted by Gasteiger charge is -2.23. The second kappa shape index (κ2) is 9.78. The molecule has 3 heterocycles. The molecule has 2 fully saturated rings. The van der Waals surface area contributed by atoms with Gasteiger partial charge in [0, 0.05) is 38.7 Å². The highest BCUT2D eigenvalue weighted by molar-refractivity contribution is 6.04. The van der Waals surface area contributed by atoms with Crippen LogP contribution in [0.15, 0.2) is 52.2 Å². The van der Waals surface area contributed by atoms with Crippen molar-refractivity contribution in [3.63, 3.8) is 0 Å². The Labute approximate surface area is 193 Å². The standard InChI is InChI=1S/C23H31FN6O3/c1-16(31)25-12-19-14-30(23(32)33-19)18-4-6-20(24)22(7-5-18)28-13-17-8-9-29(11-10-27(2)3)26-21(17)15-28/h5-8,19H,4,9-15H2,1-3H3,(H,25,31). The van der Waals surface area contributed by atoms with Gasteiger partial charge in [0.15, 0.2) is 0 Å². The molecule has 10 heteroatoms. The largest absolute Gasteiger partial charge is 0.442 e. The predicted octanol–water partition coefficient (Wildman–Crippen LogP) is 1.44. The molecule has 4 rings (SSSR count). The maximum Gasteiger partial charge on any atom is 0.414 e. The first kappa shape index (κ1) is 23.0. The van der Waals surface area contributed by atoms with Gasteiger partial charge in [-0.05, 0) is 37.9 Å². The fraction of sp³-hybridized carbons (Fsp3) is 0.522. The summed E-state index contributed by atoms with van der Waals surface area (Å²) in [5.41, 5.74) is 3.27. The van der Waals surface area contributed by atoms with Gasteiger partial charge >= 0.3 is 6.09 Å². The zero-order valence-corrected chi connectivity index (χ0v) is 19.4. The summed E-state index contributed by atoms with van der Waals surface area (Å²) in [7, 11) is 4.08. The van der Waals surface area contributed by atoms with Crippen LogP contribution in [0.3, 0.4) is 0 Å². The van der Waals surface area contributed by atoms with E-state index in [1.807, 2.05) is 24.0 Å². The molecule has 1 aliphatic carbocycles. The molecule has 1 N–H and O–H groups in total. The van der Waals surface area contributed by atoms with E-state index in [9.17, 15) is 9.59 Å². The minimum Gasteiger partial charge on any atom is -0.442 e. The average molecular weight is 459 g/mol. The molecule has 0 aromatic rings. The fourth-order valence-electron chi connectivity index (χ4n) is 4.17. The lowest BCUT2D eigenvalue weighted by Crippen LogP contribution is -2.33. The van der Waals surface area contributed by atoms with Crippen molar-refractivity contribution in [1.82, 2.24) is 25.0 Å². The summed E-state index contributed by atoms with van der Waals surface area (Å²) in [6.07, 6.45) is 6.56. The Kier molecular flexibility index (Phi) is 6.83. The van der Waals surface area contributed by atoms with Crippen LogP contribution in [0.5, 0.6) is 0 Å². The van der Waals surface area contributed by atoms with E-state index in [1.54, 1.807) is 12.2 Å². The van der Waals surface area contributed by atoms with Crippen LogP contribution in [0.4, 0.5) is 9.18 Å². The number of nitrogens with one attached hydrogen (secondary N) is 1. The van der Waals surface area contributed by atoms with E-state index in [2.05, 4.69) is 16.3 Å². The number of fused-ring (bicyclic) bond motifs is 1. The number of carbonyl (C=O) groups excluding carboxylic acids is 2. The summed E-state index contributed by atoms with van der Waals surface area (Å²) >= 11 is 0. The Morgan fingerprint density at radius 1 is 1.30 bits per heavy atom. The van der Waals surface area contributed by atoms with E-state index < -0.39 is 12.2 Å². The van der Waals surface area contributed by atoms with E-state index in [1.165, 1.54) is 17.9 Å². The van der Waals surface area contributed by atoms with Crippen LogP contribution < -0.4 is 5.32 Å². The van der Waals surface area contributed by atoms with Crippen molar-refractivity contribution >= 4 is 17.7 Å². The van der Waals surface area contributed by atoms with Crippen molar-refractivity contribution in [2.75, 3.05) is 59.9 Å². The number of cyclic esters (lactones) is 1. The monoisotopic (exact) mass is 458 g/mol. The molecule has 0 spiro atoms. The van der Waals surface area contributed by atoms with Gasteiger partial charge in [-0.15, -0.1) is 0 Å². The number of halogens is 1. The van der Waals surface area contributed by atoms with Crippen LogP contribution in [0, 0.1) is 0 Å². The highest BCUT2D eigenvalue weighted by Gasteiger charge is 2.34. The summed E-state index contributed by atoms with van der Waals surface area (Å²) in [6, 6.07) is 0. The quantitative estimate of drug-likeness (QED) is 0.622. The van der Waals surface area contributed by atoms with Crippen molar-refractivity contribution < 1.29 is 18.7 Å². The maximum atomic E-state index is 15.0. The van der Waals surface area contributed by atoms with Crippen LogP contribution in [0.25, 0.3) is 0 Å². The zero-order valence-electron chi connectivity index (χ0n) is 19.4. The molecule has 0 bridgehead atoms. The number of nitrogens with zero attached hydrogens (tertiary/aromatic N) is 5. The number of likely N-dealkylation sites (tertiary alicyclic amines) is 1. The number of amides is 2. The summed E-state index contributed by atoms with van der Waals surface area (Å²) in [4.78, 5) is 29.1. The molecule has 1 atom stereocenters. The normalized spacial score (nSPS) is 22.8. The summed E-state index contributed by atoms with van der Waals surface area (Å²) in [6.45, 7) is 5.68. The Balaban J connectivity index is 1.44. The zero-order chi connectivity index (χ0) is 23.5. The number of hydrogen-bond donors (Lipinski definition) is 1. The maximum absolute atomic E-state index is 15.0. The number of likely N-dealkylation sites (N-methyl/N-ethyl adjacent to an activating group) is 1. The molecule has 1 unspecified atom stereocenters. The third kappa shape index (κ3) is 5.44. The molecule has 178 valence electrons. The van der Waals surface area contributed by atoms with Gasteiger partial charge in [0.05, 0.1) is 37.6 Å². The fourth-order valence-corrected chi connectivity index (χ4v) is 4.17. The second-order valence-electron chi connectivity index (χ2n) is 8.87.